The van der Waals surface area contributed by atoms with Crippen LogP contribution >= 0.6 is 0 Å². The quantitative estimate of drug-likeness (QED) is 0.823. The molecule has 0 N–H and O–H groups in total. The lowest BCUT2D eigenvalue weighted by atomic mass is 10.1. The topological polar surface area (TPSA) is 25.2 Å². The van der Waals surface area contributed by atoms with Gasteiger partial charge in [-0.05, 0) is 6.07 Å². The van der Waals surface area contributed by atoms with Crippen LogP contribution in [0.3, 0.4) is 0 Å². The van der Waals surface area contributed by atoms with Gasteiger partial charge in [-0.2, -0.15) is 0 Å². The number of benzene rings is 1. The van der Waals surface area contributed by atoms with E-state index in [9.17, 15) is 9.18 Å². The van der Waals surface area contributed by atoms with Crippen molar-refractivity contribution in [2.75, 3.05) is 6.54 Å². The second-order valence-corrected chi connectivity index (χ2v) is 4.85. The monoisotopic (exact) mass is 258 g/mol. The van der Waals surface area contributed by atoms with Gasteiger partial charge in [0.05, 0.1) is 0 Å². The molecule has 0 radical (unpaired) electrons. The number of aromatic nitrogens is 1. The zero-order chi connectivity index (χ0) is 13.2. The van der Waals surface area contributed by atoms with Crippen molar-refractivity contribution < 1.29 is 4.39 Å². The van der Waals surface area contributed by atoms with Crippen molar-refractivity contribution in [1.29, 1.82) is 0 Å². The molecule has 4 heteroatoms. The summed E-state index contributed by atoms with van der Waals surface area (Å²) < 4.78 is 15.7. The van der Waals surface area contributed by atoms with Crippen molar-refractivity contribution >= 4 is 0 Å². The van der Waals surface area contributed by atoms with E-state index in [0.717, 1.165) is 18.8 Å². The first-order chi connectivity index (χ1) is 9.22. The maximum Gasteiger partial charge on any atom is 0.181 e. The predicted octanol–water partition coefficient (Wildman–Crippen LogP) is 2.00. The molecule has 0 saturated carbocycles. The Hall–Kier alpha value is -1.94. The first kappa shape index (κ1) is 12.1. The molecule has 1 aliphatic heterocycles. The van der Waals surface area contributed by atoms with Crippen LogP contribution in [0.15, 0.2) is 47.4 Å². The van der Waals surface area contributed by atoms with Crippen molar-refractivity contribution in [3.63, 3.8) is 0 Å². The molecular formula is C15H15FN2O. The number of fused-ring (bicyclic) bond motifs is 1. The molecule has 1 aromatic heterocycles. The molecule has 1 aromatic carbocycles. The van der Waals surface area contributed by atoms with Gasteiger partial charge < -0.3 is 4.57 Å². The van der Waals surface area contributed by atoms with Crippen LogP contribution in [0.2, 0.25) is 0 Å². The summed E-state index contributed by atoms with van der Waals surface area (Å²) in [4.78, 5) is 13.5. The van der Waals surface area contributed by atoms with Gasteiger partial charge in [-0.15, -0.1) is 0 Å². The number of halogens is 1. The Kier molecular flexibility index (Phi) is 3.17. The number of nitrogens with zero attached hydrogens (tertiary/aromatic N) is 2. The third kappa shape index (κ3) is 2.58. The van der Waals surface area contributed by atoms with Crippen LogP contribution in [-0.2, 0) is 19.6 Å². The van der Waals surface area contributed by atoms with Gasteiger partial charge in [0.2, 0.25) is 0 Å². The fourth-order valence-corrected chi connectivity index (χ4v) is 2.47. The first-order valence-electron chi connectivity index (χ1n) is 6.37. The maximum absolute atomic E-state index is 13.6. The molecule has 1 aliphatic rings. The van der Waals surface area contributed by atoms with Gasteiger partial charge in [-0.25, -0.2) is 4.39 Å². The van der Waals surface area contributed by atoms with Gasteiger partial charge in [-0.3, -0.25) is 9.69 Å². The molecule has 3 rings (SSSR count). The van der Waals surface area contributed by atoms with E-state index >= 15 is 0 Å². The van der Waals surface area contributed by atoms with E-state index in [2.05, 4.69) is 9.47 Å². The lowest BCUT2D eigenvalue weighted by Gasteiger charge is -2.30. The smallest absolute Gasteiger partial charge is 0.181 e. The molecule has 2 heterocycles. The van der Waals surface area contributed by atoms with E-state index in [1.807, 2.05) is 18.3 Å². The van der Waals surface area contributed by atoms with E-state index in [-0.39, 0.29) is 11.2 Å². The fourth-order valence-electron chi connectivity index (χ4n) is 2.47. The van der Waals surface area contributed by atoms with E-state index in [1.165, 1.54) is 6.07 Å². The van der Waals surface area contributed by atoms with Crippen LogP contribution in [0, 0.1) is 5.82 Å². The van der Waals surface area contributed by atoms with Gasteiger partial charge in [0.15, 0.2) is 5.43 Å². The highest BCUT2D eigenvalue weighted by atomic mass is 19.1. The number of pyridine rings is 1. The van der Waals surface area contributed by atoms with E-state index in [4.69, 9.17) is 0 Å². The minimum atomic E-state index is -0.168. The Bertz CT molecular complexity index is 651. The van der Waals surface area contributed by atoms with Gasteiger partial charge >= 0.3 is 0 Å². The zero-order valence-electron chi connectivity index (χ0n) is 10.6. The van der Waals surface area contributed by atoms with Gasteiger partial charge in [-0.1, -0.05) is 18.2 Å². The maximum atomic E-state index is 13.6. The van der Waals surface area contributed by atoms with Gasteiger partial charge in [0.1, 0.15) is 5.82 Å². The number of hydrogen-bond acceptors (Lipinski definition) is 2. The lowest BCUT2D eigenvalue weighted by molar-refractivity contribution is 0.208. The lowest BCUT2D eigenvalue weighted by Crippen LogP contribution is -2.34. The van der Waals surface area contributed by atoms with Crippen LogP contribution < -0.4 is 5.43 Å². The normalized spacial score (nSPS) is 15.2. The Labute approximate surface area is 110 Å². The molecular weight excluding hydrogens is 243 g/mol. The molecule has 3 nitrogen and oxygen atoms in total. The van der Waals surface area contributed by atoms with Crippen molar-refractivity contribution in [3.05, 3.63) is 69.9 Å². The summed E-state index contributed by atoms with van der Waals surface area (Å²) in [5.74, 6) is -0.168. The van der Waals surface area contributed by atoms with Crippen LogP contribution in [0.1, 0.15) is 11.3 Å². The summed E-state index contributed by atoms with van der Waals surface area (Å²) in [7, 11) is 0. The average Bonchev–Trinajstić information content (AvgIpc) is 2.41. The first-order valence-corrected chi connectivity index (χ1v) is 6.37. The Morgan fingerprint density at radius 3 is 2.84 bits per heavy atom. The largest absolute Gasteiger partial charge is 0.349 e. The van der Waals surface area contributed by atoms with E-state index in [1.54, 1.807) is 18.2 Å². The summed E-state index contributed by atoms with van der Waals surface area (Å²) in [5, 5.41) is 0. The molecule has 0 fully saturated rings. The van der Waals surface area contributed by atoms with Crippen molar-refractivity contribution in [2.24, 2.45) is 0 Å². The highest BCUT2D eigenvalue weighted by Gasteiger charge is 2.16. The van der Waals surface area contributed by atoms with Crippen molar-refractivity contribution in [3.8, 4) is 0 Å². The summed E-state index contributed by atoms with van der Waals surface area (Å²) in [6.07, 6.45) is 1.83. The molecule has 0 spiro atoms. The van der Waals surface area contributed by atoms with E-state index < -0.39 is 0 Å². The SMILES string of the molecule is O=c1ccn2c(c1)CN(Cc1ccccc1F)CC2. The van der Waals surface area contributed by atoms with Crippen LogP contribution in [-0.4, -0.2) is 16.0 Å². The van der Waals surface area contributed by atoms with Crippen LogP contribution in [0.25, 0.3) is 0 Å². The molecule has 0 aliphatic carbocycles. The highest BCUT2D eigenvalue weighted by Crippen LogP contribution is 2.15. The Balaban J connectivity index is 1.79. The molecule has 0 unspecified atom stereocenters. The zero-order valence-corrected chi connectivity index (χ0v) is 10.6. The second-order valence-electron chi connectivity index (χ2n) is 4.85. The average molecular weight is 258 g/mol. The summed E-state index contributed by atoms with van der Waals surface area (Å²) in [6, 6.07) is 10.1. The standard InChI is InChI=1S/C15H15FN2O/c16-15-4-2-1-3-12(15)10-17-7-8-18-6-5-14(19)9-13(18)11-17/h1-6,9H,7-8,10-11H2. The Morgan fingerprint density at radius 2 is 2.00 bits per heavy atom. The Morgan fingerprint density at radius 1 is 1.16 bits per heavy atom. The minimum Gasteiger partial charge on any atom is -0.349 e. The highest BCUT2D eigenvalue weighted by molar-refractivity contribution is 5.18. The van der Waals surface area contributed by atoms with Gasteiger partial charge in [0.25, 0.3) is 0 Å². The number of rotatable bonds is 2. The molecule has 0 amide bonds. The van der Waals surface area contributed by atoms with Crippen LogP contribution in [0.4, 0.5) is 4.39 Å². The third-order valence-electron chi connectivity index (χ3n) is 3.49. The summed E-state index contributed by atoms with van der Waals surface area (Å²) in [5.41, 5.74) is 1.73. The molecule has 0 bridgehead atoms. The summed E-state index contributed by atoms with van der Waals surface area (Å²) >= 11 is 0. The van der Waals surface area contributed by atoms with Gasteiger partial charge in [0, 0.05) is 55.8 Å². The minimum absolute atomic E-state index is 0.0268. The van der Waals surface area contributed by atoms with Crippen LogP contribution in [0.5, 0.6) is 0 Å². The second kappa shape index (κ2) is 4.97. The molecule has 0 saturated heterocycles. The molecule has 2 aromatic rings. The molecule has 0 atom stereocenters. The summed E-state index contributed by atoms with van der Waals surface area (Å²) in [6.45, 7) is 2.97. The van der Waals surface area contributed by atoms with Crippen molar-refractivity contribution in [1.82, 2.24) is 9.47 Å². The molecule has 98 valence electrons. The number of hydrogen-bond donors (Lipinski definition) is 0. The fraction of sp³-hybridized carbons (Fsp3) is 0.267. The van der Waals surface area contributed by atoms with Crippen molar-refractivity contribution in [2.45, 2.75) is 19.6 Å². The third-order valence-corrected chi connectivity index (χ3v) is 3.49. The molecule has 19 heavy (non-hydrogen) atoms. The van der Waals surface area contributed by atoms with E-state index in [0.29, 0.717) is 18.7 Å². The predicted molar refractivity (Wildman–Crippen MR) is 71.2 cm³/mol.